The van der Waals surface area contributed by atoms with Gasteiger partial charge in [0.05, 0.1) is 19.0 Å². The fraction of sp³-hybridized carbons (Fsp3) is 0.583. The molecule has 94 valence electrons. The van der Waals surface area contributed by atoms with E-state index >= 15 is 0 Å². The molecule has 1 aliphatic rings. The van der Waals surface area contributed by atoms with E-state index in [1.807, 2.05) is 6.07 Å². The van der Waals surface area contributed by atoms with Crippen LogP contribution < -0.4 is 15.4 Å². The molecule has 0 bridgehead atoms. The Morgan fingerprint density at radius 2 is 2.06 bits per heavy atom. The van der Waals surface area contributed by atoms with E-state index in [2.05, 4.69) is 21.7 Å². The molecular weight excluding hydrogens is 216 g/mol. The Kier molecular flexibility index (Phi) is 3.68. The molecule has 1 aliphatic heterocycles. The molecule has 0 amide bonds. The van der Waals surface area contributed by atoms with Crippen LogP contribution >= 0.6 is 0 Å². The molecule has 1 aromatic rings. The van der Waals surface area contributed by atoms with Gasteiger partial charge in [0.25, 0.3) is 0 Å². The first-order valence-electron chi connectivity index (χ1n) is 6.01. The standard InChI is InChI=1S/C12H20N4O/c1-3-15-4-6-16(7-5-15)12-11(17-2)8-10(13)9-14-12/h8-9H,3-7,13H2,1-2H3. The Morgan fingerprint density at radius 3 is 2.65 bits per heavy atom. The largest absolute Gasteiger partial charge is 0.493 e. The number of nitrogens with zero attached hydrogens (tertiary/aromatic N) is 3. The summed E-state index contributed by atoms with van der Waals surface area (Å²) in [7, 11) is 1.66. The van der Waals surface area contributed by atoms with Gasteiger partial charge >= 0.3 is 0 Å². The van der Waals surface area contributed by atoms with Crippen LogP contribution in [0.1, 0.15) is 6.92 Å². The number of anilines is 2. The Hall–Kier alpha value is -1.49. The third kappa shape index (κ3) is 2.61. The van der Waals surface area contributed by atoms with E-state index in [4.69, 9.17) is 10.5 Å². The molecular formula is C12H20N4O. The zero-order valence-electron chi connectivity index (χ0n) is 10.5. The summed E-state index contributed by atoms with van der Waals surface area (Å²) >= 11 is 0. The Bertz CT molecular complexity index is 375. The number of pyridine rings is 1. The average molecular weight is 236 g/mol. The molecule has 0 radical (unpaired) electrons. The molecule has 1 aromatic heterocycles. The number of ether oxygens (including phenoxy) is 1. The smallest absolute Gasteiger partial charge is 0.171 e. The summed E-state index contributed by atoms with van der Waals surface area (Å²) in [6.45, 7) is 7.43. The highest BCUT2D eigenvalue weighted by atomic mass is 16.5. The Labute approximate surface area is 102 Å². The second-order valence-corrected chi connectivity index (χ2v) is 4.22. The highest BCUT2D eigenvalue weighted by molar-refractivity contribution is 5.58. The number of hydrogen-bond donors (Lipinski definition) is 1. The molecule has 5 heteroatoms. The number of likely N-dealkylation sites (N-methyl/N-ethyl adjacent to an activating group) is 1. The lowest BCUT2D eigenvalue weighted by atomic mass is 10.3. The molecule has 0 saturated carbocycles. The van der Waals surface area contributed by atoms with E-state index in [-0.39, 0.29) is 0 Å². The maximum Gasteiger partial charge on any atom is 0.171 e. The van der Waals surface area contributed by atoms with Crippen molar-refractivity contribution < 1.29 is 4.74 Å². The SMILES string of the molecule is CCN1CCN(c2ncc(N)cc2OC)CC1. The molecule has 0 aliphatic carbocycles. The van der Waals surface area contributed by atoms with E-state index in [1.165, 1.54) is 0 Å². The Morgan fingerprint density at radius 1 is 1.35 bits per heavy atom. The number of rotatable bonds is 3. The van der Waals surface area contributed by atoms with Crippen molar-refractivity contribution in [3.05, 3.63) is 12.3 Å². The number of aromatic nitrogens is 1. The summed E-state index contributed by atoms with van der Waals surface area (Å²) < 4.78 is 5.33. The minimum atomic E-state index is 0.637. The van der Waals surface area contributed by atoms with Crippen LogP contribution in [-0.2, 0) is 0 Å². The minimum Gasteiger partial charge on any atom is -0.493 e. The van der Waals surface area contributed by atoms with Crippen LogP contribution in [0.5, 0.6) is 5.75 Å². The minimum absolute atomic E-state index is 0.637. The second-order valence-electron chi connectivity index (χ2n) is 4.22. The molecule has 2 rings (SSSR count). The van der Waals surface area contributed by atoms with Gasteiger partial charge in [-0.2, -0.15) is 0 Å². The molecule has 0 unspecified atom stereocenters. The number of hydrogen-bond acceptors (Lipinski definition) is 5. The van der Waals surface area contributed by atoms with Crippen LogP contribution in [-0.4, -0.2) is 49.7 Å². The average Bonchev–Trinajstić information content (AvgIpc) is 2.39. The van der Waals surface area contributed by atoms with Crippen LogP contribution in [0, 0.1) is 0 Å². The molecule has 2 N–H and O–H groups in total. The van der Waals surface area contributed by atoms with Crippen molar-refractivity contribution in [1.29, 1.82) is 0 Å². The lowest BCUT2D eigenvalue weighted by molar-refractivity contribution is 0.269. The van der Waals surface area contributed by atoms with E-state index in [0.717, 1.165) is 44.3 Å². The third-order valence-electron chi connectivity index (χ3n) is 3.19. The van der Waals surface area contributed by atoms with Gasteiger partial charge in [0.2, 0.25) is 0 Å². The number of nitrogens with two attached hydrogens (primary N) is 1. The van der Waals surface area contributed by atoms with Crippen molar-refractivity contribution in [2.45, 2.75) is 6.92 Å². The van der Waals surface area contributed by atoms with Gasteiger partial charge in [-0.25, -0.2) is 4.98 Å². The molecule has 17 heavy (non-hydrogen) atoms. The molecule has 0 aromatic carbocycles. The quantitative estimate of drug-likeness (QED) is 0.842. The van der Waals surface area contributed by atoms with Crippen molar-refractivity contribution in [3.63, 3.8) is 0 Å². The van der Waals surface area contributed by atoms with Crippen LogP contribution in [0.2, 0.25) is 0 Å². The van der Waals surface area contributed by atoms with Crippen LogP contribution in [0.4, 0.5) is 11.5 Å². The van der Waals surface area contributed by atoms with Crippen molar-refractivity contribution in [1.82, 2.24) is 9.88 Å². The van der Waals surface area contributed by atoms with E-state index in [0.29, 0.717) is 5.69 Å². The van der Waals surface area contributed by atoms with Crippen LogP contribution in [0.15, 0.2) is 12.3 Å². The number of nitrogen functional groups attached to an aromatic ring is 1. The van der Waals surface area contributed by atoms with E-state index < -0.39 is 0 Å². The highest BCUT2D eigenvalue weighted by Crippen LogP contribution is 2.27. The third-order valence-corrected chi connectivity index (χ3v) is 3.19. The van der Waals surface area contributed by atoms with Gasteiger partial charge < -0.3 is 20.3 Å². The number of methoxy groups -OCH3 is 1. The van der Waals surface area contributed by atoms with E-state index in [9.17, 15) is 0 Å². The summed E-state index contributed by atoms with van der Waals surface area (Å²) in [6.07, 6.45) is 1.68. The van der Waals surface area contributed by atoms with E-state index in [1.54, 1.807) is 13.3 Å². The summed E-state index contributed by atoms with van der Waals surface area (Å²) in [4.78, 5) is 9.07. The van der Waals surface area contributed by atoms with Gasteiger partial charge in [-0.3, -0.25) is 0 Å². The van der Waals surface area contributed by atoms with Gasteiger partial charge in [0.1, 0.15) is 0 Å². The molecule has 0 spiro atoms. The summed E-state index contributed by atoms with van der Waals surface area (Å²) in [5, 5.41) is 0. The predicted molar refractivity (Wildman–Crippen MR) is 69.5 cm³/mol. The van der Waals surface area contributed by atoms with Crippen LogP contribution in [0.25, 0.3) is 0 Å². The summed E-state index contributed by atoms with van der Waals surface area (Å²) in [6, 6.07) is 1.83. The van der Waals surface area contributed by atoms with Gasteiger partial charge in [-0.15, -0.1) is 0 Å². The van der Waals surface area contributed by atoms with Gasteiger partial charge in [-0.1, -0.05) is 6.92 Å². The highest BCUT2D eigenvalue weighted by Gasteiger charge is 2.19. The first-order valence-corrected chi connectivity index (χ1v) is 6.01. The first-order chi connectivity index (χ1) is 8.24. The normalized spacial score (nSPS) is 17.2. The van der Waals surface area contributed by atoms with Gasteiger partial charge in [-0.05, 0) is 6.54 Å². The fourth-order valence-electron chi connectivity index (χ4n) is 2.12. The molecule has 1 fully saturated rings. The molecule has 0 atom stereocenters. The molecule has 5 nitrogen and oxygen atoms in total. The number of piperazine rings is 1. The maximum atomic E-state index is 5.71. The van der Waals surface area contributed by atoms with Gasteiger partial charge in [0.15, 0.2) is 11.6 Å². The summed E-state index contributed by atoms with van der Waals surface area (Å²) in [5.74, 6) is 1.66. The van der Waals surface area contributed by atoms with Gasteiger partial charge in [0, 0.05) is 32.2 Å². The zero-order chi connectivity index (χ0) is 12.3. The molecule has 1 saturated heterocycles. The Balaban J connectivity index is 2.12. The zero-order valence-corrected chi connectivity index (χ0v) is 10.5. The van der Waals surface area contributed by atoms with Crippen molar-refractivity contribution >= 4 is 11.5 Å². The van der Waals surface area contributed by atoms with Crippen molar-refractivity contribution in [2.24, 2.45) is 0 Å². The molecule has 2 heterocycles. The summed E-state index contributed by atoms with van der Waals surface area (Å²) in [5.41, 5.74) is 6.34. The topological polar surface area (TPSA) is 54.6 Å². The lowest BCUT2D eigenvalue weighted by Crippen LogP contribution is -2.46. The first kappa shape index (κ1) is 12.0. The van der Waals surface area contributed by atoms with Crippen molar-refractivity contribution in [2.75, 3.05) is 50.5 Å². The van der Waals surface area contributed by atoms with Crippen LogP contribution in [0.3, 0.4) is 0 Å². The monoisotopic (exact) mass is 236 g/mol. The lowest BCUT2D eigenvalue weighted by Gasteiger charge is -2.35. The second kappa shape index (κ2) is 5.23. The predicted octanol–water partition coefficient (Wildman–Crippen LogP) is 0.814. The fourth-order valence-corrected chi connectivity index (χ4v) is 2.12. The van der Waals surface area contributed by atoms with Crippen molar-refractivity contribution in [3.8, 4) is 5.75 Å². The maximum absolute atomic E-state index is 5.71.